The van der Waals surface area contributed by atoms with Gasteiger partial charge >= 0.3 is 0 Å². The Balaban J connectivity index is 2.38. The second kappa shape index (κ2) is 3.32. The van der Waals surface area contributed by atoms with Crippen LogP contribution in [0.4, 0.5) is 0 Å². The molecule has 2 unspecified atom stereocenters. The highest BCUT2D eigenvalue weighted by atomic mass is 16.3. The molecule has 1 heterocycles. The quantitative estimate of drug-likeness (QED) is 0.544. The highest BCUT2D eigenvalue weighted by molar-refractivity contribution is 4.82. The second-order valence-corrected chi connectivity index (χ2v) is 2.99. The second-order valence-electron chi connectivity index (χ2n) is 2.99. The summed E-state index contributed by atoms with van der Waals surface area (Å²) >= 11 is 0. The smallest absolute Gasteiger partial charge is 0.0817 e. The van der Waals surface area contributed by atoms with E-state index in [1.54, 1.807) is 0 Å². The van der Waals surface area contributed by atoms with Gasteiger partial charge in [-0.05, 0) is 26.4 Å². The van der Waals surface area contributed by atoms with Crippen LogP contribution in [0.25, 0.3) is 0 Å². The van der Waals surface area contributed by atoms with E-state index in [0.717, 1.165) is 13.0 Å². The third-order valence-corrected chi connectivity index (χ3v) is 2.26. The number of hydrogen-bond donors (Lipinski definition) is 2. The molecule has 10 heavy (non-hydrogen) atoms. The van der Waals surface area contributed by atoms with Gasteiger partial charge in [0.15, 0.2) is 0 Å². The minimum atomic E-state index is -0.326. The van der Waals surface area contributed by atoms with Crippen molar-refractivity contribution in [3.63, 3.8) is 0 Å². The Bertz CT molecular complexity index is 108. The molecule has 1 aliphatic rings. The topological polar surface area (TPSA) is 49.5 Å². The first-order valence-corrected chi connectivity index (χ1v) is 3.84. The lowest BCUT2D eigenvalue weighted by atomic mass is 10.1. The van der Waals surface area contributed by atoms with Gasteiger partial charge in [-0.1, -0.05) is 0 Å². The Morgan fingerprint density at radius 2 is 2.50 bits per heavy atom. The average molecular weight is 144 g/mol. The van der Waals surface area contributed by atoms with Crippen molar-refractivity contribution in [2.75, 3.05) is 20.1 Å². The molecule has 1 fully saturated rings. The lowest BCUT2D eigenvalue weighted by molar-refractivity contribution is 0.0924. The Kier molecular flexibility index (Phi) is 2.65. The molecule has 0 bridgehead atoms. The van der Waals surface area contributed by atoms with Gasteiger partial charge in [0, 0.05) is 12.6 Å². The van der Waals surface area contributed by atoms with Crippen molar-refractivity contribution in [1.29, 1.82) is 0 Å². The van der Waals surface area contributed by atoms with Crippen LogP contribution in [0.5, 0.6) is 0 Å². The number of likely N-dealkylation sites (N-methyl/N-ethyl adjacent to an activating group) is 1. The zero-order valence-electron chi connectivity index (χ0n) is 6.45. The normalized spacial score (nSPS) is 30.9. The van der Waals surface area contributed by atoms with E-state index in [-0.39, 0.29) is 6.10 Å². The molecule has 60 valence electrons. The van der Waals surface area contributed by atoms with E-state index in [1.807, 2.05) is 7.05 Å². The molecule has 1 aliphatic heterocycles. The molecule has 0 aromatic heterocycles. The summed E-state index contributed by atoms with van der Waals surface area (Å²) in [5.41, 5.74) is 5.34. The molecule has 0 radical (unpaired) electrons. The van der Waals surface area contributed by atoms with Crippen molar-refractivity contribution in [2.45, 2.75) is 25.0 Å². The number of hydrogen-bond acceptors (Lipinski definition) is 3. The van der Waals surface area contributed by atoms with Crippen LogP contribution in [0.3, 0.4) is 0 Å². The SMILES string of the molecule is CN1CCCC1C(O)CN. The van der Waals surface area contributed by atoms with Crippen LogP contribution in [0.1, 0.15) is 12.8 Å². The molecule has 0 aromatic rings. The van der Waals surface area contributed by atoms with Crippen LogP contribution in [0.2, 0.25) is 0 Å². The summed E-state index contributed by atoms with van der Waals surface area (Å²) in [6.45, 7) is 1.48. The van der Waals surface area contributed by atoms with Crippen molar-refractivity contribution in [3.05, 3.63) is 0 Å². The molecule has 3 N–H and O–H groups in total. The van der Waals surface area contributed by atoms with Crippen LogP contribution in [-0.2, 0) is 0 Å². The maximum Gasteiger partial charge on any atom is 0.0817 e. The Morgan fingerprint density at radius 3 is 2.90 bits per heavy atom. The monoisotopic (exact) mass is 144 g/mol. The summed E-state index contributed by atoms with van der Waals surface area (Å²) in [4.78, 5) is 2.18. The first-order chi connectivity index (χ1) is 4.75. The zero-order valence-corrected chi connectivity index (χ0v) is 6.45. The summed E-state index contributed by atoms with van der Waals surface area (Å²) < 4.78 is 0. The molecule has 1 saturated heterocycles. The Hall–Kier alpha value is -0.120. The first kappa shape index (κ1) is 7.98. The molecule has 3 nitrogen and oxygen atoms in total. The summed E-state index contributed by atoms with van der Waals surface area (Å²) in [7, 11) is 2.04. The maximum absolute atomic E-state index is 9.36. The van der Waals surface area contributed by atoms with E-state index in [9.17, 15) is 5.11 Å². The molecular formula is C7H16N2O. The van der Waals surface area contributed by atoms with Gasteiger partial charge in [-0.25, -0.2) is 0 Å². The van der Waals surface area contributed by atoms with E-state index in [0.29, 0.717) is 12.6 Å². The Morgan fingerprint density at radius 1 is 1.80 bits per heavy atom. The number of rotatable bonds is 2. The van der Waals surface area contributed by atoms with Crippen molar-refractivity contribution < 1.29 is 5.11 Å². The van der Waals surface area contributed by atoms with Crippen molar-refractivity contribution in [1.82, 2.24) is 4.90 Å². The summed E-state index contributed by atoms with van der Waals surface area (Å²) in [5, 5.41) is 9.36. The number of nitrogens with two attached hydrogens (primary N) is 1. The fraction of sp³-hybridized carbons (Fsp3) is 1.00. The number of aliphatic hydroxyl groups is 1. The molecule has 0 spiro atoms. The van der Waals surface area contributed by atoms with Gasteiger partial charge < -0.3 is 15.7 Å². The van der Waals surface area contributed by atoms with E-state index in [4.69, 9.17) is 5.73 Å². The van der Waals surface area contributed by atoms with Crippen LogP contribution < -0.4 is 5.73 Å². The van der Waals surface area contributed by atoms with Gasteiger partial charge in [0.25, 0.3) is 0 Å². The molecular weight excluding hydrogens is 128 g/mol. The lowest BCUT2D eigenvalue weighted by Gasteiger charge is -2.23. The number of likely N-dealkylation sites (tertiary alicyclic amines) is 1. The van der Waals surface area contributed by atoms with Crippen LogP contribution in [0, 0.1) is 0 Å². The van der Waals surface area contributed by atoms with Crippen LogP contribution >= 0.6 is 0 Å². The average Bonchev–Trinajstić information content (AvgIpc) is 2.34. The maximum atomic E-state index is 9.36. The zero-order chi connectivity index (χ0) is 7.56. The summed E-state index contributed by atoms with van der Waals surface area (Å²) in [6.07, 6.45) is 1.96. The van der Waals surface area contributed by atoms with Gasteiger partial charge in [-0.3, -0.25) is 0 Å². The highest BCUT2D eigenvalue weighted by Crippen LogP contribution is 2.17. The highest BCUT2D eigenvalue weighted by Gasteiger charge is 2.26. The molecule has 1 rings (SSSR count). The van der Waals surface area contributed by atoms with Crippen LogP contribution in [-0.4, -0.2) is 42.3 Å². The van der Waals surface area contributed by atoms with Gasteiger partial charge in [-0.15, -0.1) is 0 Å². The van der Waals surface area contributed by atoms with Gasteiger partial charge in [0.2, 0.25) is 0 Å². The van der Waals surface area contributed by atoms with E-state index >= 15 is 0 Å². The molecule has 0 aliphatic carbocycles. The molecule has 3 heteroatoms. The van der Waals surface area contributed by atoms with Crippen LogP contribution in [0.15, 0.2) is 0 Å². The van der Waals surface area contributed by atoms with Crippen molar-refractivity contribution in [2.24, 2.45) is 5.73 Å². The molecule has 0 aromatic carbocycles. The van der Waals surface area contributed by atoms with E-state index in [1.165, 1.54) is 6.42 Å². The molecule has 2 atom stereocenters. The van der Waals surface area contributed by atoms with E-state index in [2.05, 4.69) is 4.90 Å². The first-order valence-electron chi connectivity index (χ1n) is 3.84. The largest absolute Gasteiger partial charge is 0.390 e. The molecule has 0 saturated carbocycles. The predicted octanol–water partition coefficient (Wildman–Crippen LogP) is -0.600. The minimum absolute atomic E-state index is 0.310. The third kappa shape index (κ3) is 1.48. The molecule has 0 amide bonds. The van der Waals surface area contributed by atoms with Gasteiger partial charge in [0.05, 0.1) is 6.10 Å². The fourth-order valence-corrected chi connectivity index (χ4v) is 1.58. The summed E-state index contributed by atoms with van der Waals surface area (Å²) in [6, 6.07) is 0.310. The lowest BCUT2D eigenvalue weighted by Crippen LogP contribution is -2.40. The third-order valence-electron chi connectivity index (χ3n) is 2.26. The minimum Gasteiger partial charge on any atom is -0.390 e. The standard InChI is InChI=1S/C7H16N2O/c1-9-4-2-3-6(9)7(10)5-8/h6-7,10H,2-5,8H2,1H3. The van der Waals surface area contributed by atoms with E-state index < -0.39 is 0 Å². The van der Waals surface area contributed by atoms with Gasteiger partial charge in [-0.2, -0.15) is 0 Å². The predicted molar refractivity (Wildman–Crippen MR) is 40.7 cm³/mol. The number of aliphatic hydroxyl groups excluding tert-OH is 1. The summed E-state index contributed by atoms with van der Waals surface area (Å²) in [5.74, 6) is 0. The van der Waals surface area contributed by atoms with Crippen molar-refractivity contribution in [3.8, 4) is 0 Å². The number of nitrogens with zero attached hydrogens (tertiary/aromatic N) is 1. The van der Waals surface area contributed by atoms with Gasteiger partial charge in [0.1, 0.15) is 0 Å². The van der Waals surface area contributed by atoms with Crippen molar-refractivity contribution >= 4 is 0 Å². The fourth-order valence-electron chi connectivity index (χ4n) is 1.58. The Labute approximate surface area is 61.8 Å².